The van der Waals surface area contributed by atoms with Crippen LogP contribution >= 0.6 is 0 Å². The molecule has 0 spiro atoms. The van der Waals surface area contributed by atoms with Crippen molar-refractivity contribution in [1.29, 1.82) is 0 Å². The molecule has 0 bridgehead atoms. The van der Waals surface area contributed by atoms with Crippen LogP contribution in [0.25, 0.3) is 6.08 Å². The molecule has 110 valence electrons. The van der Waals surface area contributed by atoms with Gasteiger partial charge in [0.2, 0.25) is 5.75 Å². The Morgan fingerprint density at radius 3 is 2.70 bits per heavy atom. The van der Waals surface area contributed by atoms with Crippen LogP contribution in [0.1, 0.15) is 26.3 Å². The zero-order valence-electron chi connectivity index (χ0n) is 12.7. The van der Waals surface area contributed by atoms with E-state index in [1.54, 1.807) is 7.11 Å². The van der Waals surface area contributed by atoms with E-state index < -0.39 is 0 Å². The van der Waals surface area contributed by atoms with Crippen molar-refractivity contribution in [2.24, 2.45) is 0 Å². The second kappa shape index (κ2) is 6.18. The van der Waals surface area contributed by atoms with Crippen LogP contribution in [-0.4, -0.2) is 32.4 Å². The monoisotopic (exact) mass is 277 g/mol. The van der Waals surface area contributed by atoms with Gasteiger partial charge in [-0.05, 0) is 38.5 Å². The van der Waals surface area contributed by atoms with E-state index in [-0.39, 0.29) is 5.54 Å². The molecule has 20 heavy (non-hydrogen) atoms. The molecule has 1 N–H and O–H groups in total. The highest BCUT2D eigenvalue weighted by Gasteiger charge is 2.17. The maximum Gasteiger partial charge on any atom is 0.203 e. The first-order valence-corrected chi connectivity index (χ1v) is 6.89. The zero-order valence-corrected chi connectivity index (χ0v) is 12.7. The number of fused-ring (bicyclic) bond motifs is 1. The normalized spacial score (nSPS) is 14.6. The van der Waals surface area contributed by atoms with Gasteiger partial charge in [-0.1, -0.05) is 12.2 Å². The van der Waals surface area contributed by atoms with Gasteiger partial charge < -0.3 is 19.5 Å². The Morgan fingerprint density at radius 1 is 1.25 bits per heavy atom. The fourth-order valence-electron chi connectivity index (χ4n) is 1.95. The lowest BCUT2D eigenvalue weighted by Gasteiger charge is -2.21. The number of ether oxygens (including phenoxy) is 3. The molecule has 2 rings (SSSR count). The molecule has 1 aliphatic heterocycles. The average molecular weight is 277 g/mol. The number of benzene rings is 1. The summed E-state index contributed by atoms with van der Waals surface area (Å²) in [4.78, 5) is 0. The van der Waals surface area contributed by atoms with Gasteiger partial charge in [-0.25, -0.2) is 0 Å². The van der Waals surface area contributed by atoms with Gasteiger partial charge in [0.15, 0.2) is 11.5 Å². The molecule has 0 saturated carbocycles. The first-order valence-electron chi connectivity index (χ1n) is 6.89. The third-order valence-electron chi connectivity index (χ3n) is 2.91. The molecular formula is C16H23NO3. The van der Waals surface area contributed by atoms with Crippen molar-refractivity contribution in [1.82, 2.24) is 5.32 Å². The SMILES string of the molecule is COc1cc(C=CCNC(C)(C)C)cc2c1OCCO2. The predicted octanol–water partition coefficient (Wildman–Crippen LogP) is 2.87. The Bertz CT molecular complexity index is 472. The molecule has 0 aliphatic carbocycles. The highest BCUT2D eigenvalue weighted by atomic mass is 16.6. The van der Waals surface area contributed by atoms with Crippen LogP contribution in [0.3, 0.4) is 0 Å². The molecule has 0 saturated heterocycles. The largest absolute Gasteiger partial charge is 0.493 e. The third-order valence-corrected chi connectivity index (χ3v) is 2.91. The number of hydrogen-bond acceptors (Lipinski definition) is 4. The van der Waals surface area contributed by atoms with Gasteiger partial charge in [-0.3, -0.25) is 0 Å². The lowest BCUT2D eigenvalue weighted by molar-refractivity contribution is 0.165. The topological polar surface area (TPSA) is 39.7 Å². The van der Waals surface area contributed by atoms with Gasteiger partial charge in [-0.15, -0.1) is 0 Å². The van der Waals surface area contributed by atoms with Gasteiger partial charge in [0, 0.05) is 12.1 Å². The Hall–Kier alpha value is -1.68. The Kier molecular flexibility index (Phi) is 4.55. The first-order chi connectivity index (χ1) is 9.49. The van der Waals surface area contributed by atoms with Gasteiger partial charge >= 0.3 is 0 Å². The van der Waals surface area contributed by atoms with Crippen LogP contribution in [0.4, 0.5) is 0 Å². The molecule has 0 fully saturated rings. The third kappa shape index (κ3) is 3.90. The number of hydrogen-bond donors (Lipinski definition) is 1. The summed E-state index contributed by atoms with van der Waals surface area (Å²) in [6, 6.07) is 3.94. The maximum absolute atomic E-state index is 5.61. The van der Waals surface area contributed by atoms with Crippen molar-refractivity contribution in [3.8, 4) is 17.2 Å². The Morgan fingerprint density at radius 2 is 2.00 bits per heavy atom. The van der Waals surface area contributed by atoms with Gasteiger partial charge in [0.05, 0.1) is 7.11 Å². The van der Waals surface area contributed by atoms with Gasteiger partial charge in [0.1, 0.15) is 13.2 Å². The lowest BCUT2D eigenvalue weighted by atomic mass is 10.1. The minimum atomic E-state index is 0.120. The quantitative estimate of drug-likeness (QED) is 0.918. The average Bonchev–Trinajstić information content (AvgIpc) is 2.41. The highest BCUT2D eigenvalue weighted by Crippen LogP contribution is 2.40. The van der Waals surface area contributed by atoms with Gasteiger partial charge in [0.25, 0.3) is 0 Å². The second-order valence-corrected chi connectivity index (χ2v) is 5.78. The molecule has 0 amide bonds. The summed E-state index contributed by atoms with van der Waals surface area (Å²) in [6.45, 7) is 8.40. The number of nitrogens with one attached hydrogen (secondary N) is 1. The molecular weight excluding hydrogens is 254 g/mol. The van der Waals surface area contributed by atoms with Crippen molar-refractivity contribution in [2.75, 3.05) is 26.9 Å². The molecule has 4 heteroatoms. The van der Waals surface area contributed by atoms with Crippen LogP contribution in [-0.2, 0) is 0 Å². The van der Waals surface area contributed by atoms with E-state index in [0.717, 1.165) is 17.9 Å². The van der Waals surface area contributed by atoms with Crippen molar-refractivity contribution < 1.29 is 14.2 Å². The van der Waals surface area contributed by atoms with E-state index in [1.165, 1.54) is 0 Å². The molecule has 0 radical (unpaired) electrons. The number of rotatable bonds is 4. The summed E-state index contributed by atoms with van der Waals surface area (Å²) in [5.74, 6) is 2.16. The van der Waals surface area contributed by atoms with E-state index >= 15 is 0 Å². The van der Waals surface area contributed by atoms with E-state index in [2.05, 4.69) is 38.2 Å². The Balaban J connectivity index is 2.10. The van der Waals surface area contributed by atoms with E-state index in [9.17, 15) is 0 Å². The maximum atomic E-state index is 5.61. The van der Waals surface area contributed by atoms with Crippen molar-refractivity contribution in [3.63, 3.8) is 0 Å². The summed E-state index contributed by atoms with van der Waals surface area (Å²) in [7, 11) is 1.64. The van der Waals surface area contributed by atoms with E-state index in [0.29, 0.717) is 24.7 Å². The summed E-state index contributed by atoms with van der Waals surface area (Å²) in [5, 5.41) is 3.41. The highest BCUT2D eigenvalue weighted by molar-refractivity contribution is 5.62. The summed E-state index contributed by atoms with van der Waals surface area (Å²) in [6.07, 6.45) is 4.15. The molecule has 0 atom stereocenters. The first kappa shape index (κ1) is 14.7. The minimum Gasteiger partial charge on any atom is -0.493 e. The molecule has 1 heterocycles. The lowest BCUT2D eigenvalue weighted by Crippen LogP contribution is -2.35. The van der Waals surface area contributed by atoms with Crippen LogP contribution in [0.2, 0.25) is 0 Å². The fraction of sp³-hybridized carbons (Fsp3) is 0.500. The number of methoxy groups -OCH3 is 1. The van der Waals surface area contributed by atoms with Crippen LogP contribution < -0.4 is 19.5 Å². The molecule has 0 unspecified atom stereocenters. The summed E-state index contributed by atoms with van der Waals surface area (Å²) >= 11 is 0. The van der Waals surface area contributed by atoms with E-state index in [1.807, 2.05) is 12.1 Å². The molecule has 4 nitrogen and oxygen atoms in total. The summed E-state index contributed by atoms with van der Waals surface area (Å²) in [5.41, 5.74) is 1.16. The van der Waals surface area contributed by atoms with Crippen molar-refractivity contribution in [3.05, 3.63) is 23.8 Å². The molecule has 0 aromatic heterocycles. The van der Waals surface area contributed by atoms with Crippen molar-refractivity contribution >= 4 is 6.08 Å². The van der Waals surface area contributed by atoms with Crippen molar-refractivity contribution in [2.45, 2.75) is 26.3 Å². The van der Waals surface area contributed by atoms with Crippen LogP contribution in [0.15, 0.2) is 18.2 Å². The van der Waals surface area contributed by atoms with E-state index in [4.69, 9.17) is 14.2 Å². The predicted molar refractivity (Wildman–Crippen MR) is 80.8 cm³/mol. The van der Waals surface area contributed by atoms with Crippen LogP contribution in [0.5, 0.6) is 17.2 Å². The van der Waals surface area contributed by atoms with Gasteiger partial charge in [-0.2, -0.15) is 0 Å². The smallest absolute Gasteiger partial charge is 0.203 e. The fourth-order valence-corrected chi connectivity index (χ4v) is 1.95. The second-order valence-electron chi connectivity index (χ2n) is 5.78. The zero-order chi connectivity index (χ0) is 14.6. The summed E-state index contributed by atoms with van der Waals surface area (Å²) < 4.78 is 16.6. The molecule has 1 aliphatic rings. The Labute approximate surface area is 120 Å². The molecule has 1 aromatic rings. The van der Waals surface area contributed by atoms with Crippen LogP contribution in [0, 0.1) is 0 Å². The minimum absolute atomic E-state index is 0.120. The standard InChI is InChI=1S/C16H23NO3/c1-16(2,3)17-7-5-6-12-10-13(18-4)15-14(11-12)19-8-9-20-15/h5-6,10-11,17H,7-9H2,1-4H3. The molecule has 1 aromatic carbocycles.